The Kier molecular flexibility index (Phi) is 5.15. The van der Waals surface area contributed by atoms with E-state index in [-0.39, 0.29) is 4.21 Å². The van der Waals surface area contributed by atoms with Gasteiger partial charge < -0.3 is 5.32 Å². The zero-order valence-electron chi connectivity index (χ0n) is 12.6. The van der Waals surface area contributed by atoms with E-state index >= 15 is 0 Å². The molecule has 3 rings (SSSR count). The van der Waals surface area contributed by atoms with Crippen LogP contribution in [0.2, 0.25) is 5.02 Å². The van der Waals surface area contributed by atoms with Crippen molar-refractivity contribution in [2.75, 3.05) is 11.6 Å². The van der Waals surface area contributed by atoms with Crippen molar-refractivity contribution < 1.29 is 8.42 Å². The maximum atomic E-state index is 12.6. The quantitative estimate of drug-likeness (QED) is 0.495. The zero-order chi connectivity index (χ0) is 17.2. The lowest BCUT2D eigenvalue weighted by Crippen LogP contribution is -2.10. The first-order chi connectivity index (χ1) is 11.5. The summed E-state index contributed by atoms with van der Waals surface area (Å²) in [6.45, 7) is 0. The number of hydrogen-bond acceptors (Lipinski definition) is 4. The number of hydrogen-bond donors (Lipinski definition) is 1. The van der Waals surface area contributed by atoms with E-state index in [1.54, 1.807) is 36.6 Å². The van der Waals surface area contributed by atoms with Gasteiger partial charge in [0.15, 0.2) is 5.17 Å². The predicted octanol–water partition coefficient (Wildman–Crippen LogP) is 5.07. The summed E-state index contributed by atoms with van der Waals surface area (Å²) in [5.41, 5.74) is 0.721. The Morgan fingerprint density at radius 2 is 1.88 bits per heavy atom. The smallest absolute Gasteiger partial charge is 0.294 e. The van der Waals surface area contributed by atoms with Gasteiger partial charge in [-0.05, 0) is 48.0 Å². The summed E-state index contributed by atoms with van der Waals surface area (Å²) < 4.78 is 30.2. The number of anilines is 1. The van der Waals surface area contributed by atoms with Crippen LogP contribution in [0.1, 0.15) is 0 Å². The maximum Gasteiger partial charge on any atom is 0.294 e. The molecule has 0 bridgehead atoms. The minimum atomic E-state index is -3.76. The van der Waals surface area contributed by atoms with Crippen LogP contribution < -0.4 is 5.32 Å². The van der Waals surface area contributed by atoms with Gasteiger partial charge in [0, 0.05) is 15.4 Å². The molecule has 0 amide bonds. The van der Waals surface area contributed by atoms with Crippen molar-refractivity contribution in [3.05, 3.63) is 59.6 Å². The van der Waals surface area contributed by atoms with Crippen molar-refractivity contribution in [3.8, 4) is 0 Å². The molecule has 2 aromatic carbocycles. The van der Waals surface area contributed by atoms with Crippen molar-refractivity contribution >= 4 is 65.7 Å². The summed E-state index contributed by atoms with van der Waals surface area (Å²) in [6.07, 6.45) is 1.77. The summed E-state index contributed by atoms with van der Waals surface area (Å²) in [7, 11) is -3.76. The third-order valence-electron chi connectivity index (χ3n) is 3.15. The lowest BCUT2D eigenvalue weighted by atomic mass is 10.3. The number of nitrogens with one attached hydrogen (secondary N) is 1. The number of halogens is 1. The molecule has 0 saturated carbocycles. The van der Waals surface area contributed by atoms with Crippen molar-refractivity contribution in [1.82, 2.24) is 0 Å². The maximum absolute atomic E-state index is 12.6. The normalized spacial score (nSPS) is 12.5. The zero-order valence-corrected chi connectivity index (χ0v) is 15.8. The number of nitrogens with zero attached hydrogens (tertiary/aromatic N) is 1. The number of rotatable bonds is 3. The van der Waals surface area contributed by atoms with Gasteiger partial charge in [0.05, 0.1) is 0 Å². The third kappa shape index (κ3) is 3.92. The van der Waals surface area contributed by atoms with Crippen LogP contribution in [0.15, 0.2) is 63.2 Å². The van der Waals surface area contributed by atoms with E-state index in [2.05, 4.69) is 9.71 Å². The predicted molar refractivity (Wildman–Crippen MR) is 105 cm³/mol. The van der Waals surface area contributed by atoms with E-state index in [9.17, 15) is 8.42 Å². The molecule has 0 unspecified atom stereocenters. The topological polar surface area (TPSA) is 58.5 Å². The molecule has 0 saturated heterocycles. The second-order valence-corrected chi connectivity index (χ2v) is 8.96. The highest BCUT2D eigenvalue weighted by molar-refractivity contribution is 8.14. The molecule has 1 N–H and O–H groups in total. The van der Waals surface area contributed by atoms with Gasteiger partial charge in [0.1, 0.15) is 4.21 Å². The Morgan fingerprint density at radius 3 is 2.54 bits per heavy atom. The highest BCUT2D eigenvalue weighted by Gasteiger charge is 2.18. The summed E-state index contributed by atoms with van der Waals surface area (Å²) in [6, 6.07) is 16.2. The Hall–Kier alpha value is -1.54. The minimum absolute atomic E-state index is 0.230. The van der Waals surface area contributed by atoms with E-state index in [1.807, 2.05) is 24.3 Å². The number of benzene rings is 2. The van der Waals surface area contributed by atoms with E-state index in [0.29, 0.717) is 10.2 Å². The van der Waals surface area contributed by atoms with Gasteiger partial charge in [-0.2, -0.15) is 8.42 Å². The van der Waals surface area contributed by atoms with Gasteiger partial charge in [-0.3, -0.25) is 0 Å². The van der Waals surface area contributed by atoms with Crippen LogP contribution >= 0.6 is 34.7 Å². The van der Waals surface area contributed by atoms with E-state index in [4.69, 9.17) is 11.6 Å². The fourth-order valence-corrected chi connectivity index (χ4v) is 5.17. The van der Waals surface area contributed by atoms with Crippen LogP contribution in [0.4, 0.5) is 5.69 Å². The molecular weight excluding hydrogens is 384 g/mol. The van der Waals surface area contributed by atoms with Crippen LogP contribution in [0.25, 0.3) is 10.1 Å². The lowest BCUT2D eigenvalue weighted by molar-refractivity contribution is 0.600. The lowest BCUT2D eigenvalue weighted by Gasteiger charge is -2.07. The first-order valence-corrected chi connectivity index (χ1v) is 10.7. The first-order valence-electron chi connectivity index (χ1n) is 6.88. The van der Waals surface area contributed by atoms with Gasteiger partial charge in [-0.15, -0.1) is 15.7 Å². The largest absolute Gasteiger partial charge is 0.334 e. The monoisotopic (exact) mass is 396 g/mol. The van der Waals surface area contributed by atoms with Gasteiger partial charge in [0.25, 0.3) is 10.0 Å². The van der Waals surface area contributed by atoms with Crippen LogP contribution in [-0.4, -0.2) is 19.8 Å². The van der Waals surface area contributed by atoms with Crippen molar-refractivity contribution in [3.63, 3.8) is 0 Å². The molecule has 124 valence electrons. The van der Waals surface area contributed by atoms with Crippen LogP contribution in [0.5, 0.6) is 0 Å². The number of thiophene rings is 1. The molecule has 0 spiro atoms. The molecule has 0 fully saturated rings. The van der Waals surface area contributed by atoms with Crippen LogP contribution in [0.3, 0.4) is 0 Å². The second-order valence-electron chi connectivity index (χ2n) is 4.81. The molecular formula is C16H13ClN2O2S3. The average Bonchev–Trinajstić information content (AvgIpc) is 3.01. The Bertz CT molecular complexity index is 963. The van der Waals surface area contributed by atoms with E-state index in [0.717, 1.165) is 15.8 Å². The van der Waals surface area contributed by atoms with Crippen molar-refractivity contribution in [1.29, 1.82) is 0 Å². The molecule has 0 atom stereocenters. The molecule has 4 nitrogen and oxygen atoms in total. The highest BCUT2D eigenvalue weighted by atomic mass is 35.5. The fraction of sp³-hybridized carbons (Fsp3) is 0.0625. The van der Waals surface area contributed by atoms with Gasteiger partial charge in [-0.25, -0.2) is 0 Å². The molecule has 0 aliphatic rings. The number of amidine groups is 1. The fourth-order valence-electron chi connectivity index (χ4n) is 2.01. The number of sulfonamides is 1. The second kappa shape index (κ2) is 7.14. The Morgan fingerprint density at radius 1 is 1.17 bits per heavy atom. The molecule has 0 aliphatic heterocycles. The van der Waals surface area contributed by atoms with E-state index in [1.165, 1.54) is 23.1 Å². The van der Waals surface area contributed by atoms with Crippen molar-refractivity contribution in [2.45, 2.75) is 4.21 Å². The Labute approximate surface area is 153 Å². The summed E-state index contributed by atoms with van der Waals surface area (Å²) in [4.78, 5) is 0. The van der Waals surface area contributed by atoms with E-state index < -0.39 is 10.0 Å². The Balaban J connectivity index is 1.91. The highest BCUT2D eigenvalue weighted by Crippen LogP contribution is 2.30. The third-order valence-corrected chi connectivity index (χ3v) is 6.94. The van der Waals surface area contributed by atoms with Crippen LogP contribution in [0, 0.1) is 0 Å². The first kappa shape index (κ1) is 17.3. The SMILES string of the molecule is CS/C(=N\S(=O)(=O)c1cc2ccccc2s1)Nc1ccc(Cl)cc1. The standard InChI is InChI=1S/C16H13ClN2O2S3/c1-22-16(18-13-8-6-12(17)7-9-13)19-24(20,21)15-10-11-4-2-3-5-14(11)23-15/h2-10H,1H3,(H,18,19). The number of fused-ring (bicyclic) bond motifs is 1. The summed E-state index contributed by atoms with van der Waals surface area (Å²) >= 11 is 8.29. The van der Waals surface area contributed by atoms with Gasteiger partial charge >= 0.3 is 0 Å². The molecule has 0 aliphatic carbocycles. The molecule has 24 heavy (non-hydrogen) atoms. The molecule has 1 heterocycles. The minimum Gasteiger partial charge on any atom is -0.334 e. The summed E-state index contributed by atoms with van der Waals surface area (Å²) in [5, 5.41) is 4.80. The van der Waals surface area contributed by atoms with Crippen LogP contribution in [-0.2, 0) is 10.0 Å². The van der Waals surface area contributed by atoms with Gasteiger partial charge in [0.2, 0.25) is 0 Å². The number of thioether (sulfide) groups is 1. The molecule has 0 radical (unpaired) electrons. The summed E-state index contributed by atoms with van der Waals surface area (Å²) in [5.74, 6) is 0. The van der Waals surface area contributed by atoms with Gasteiger partial charge in [-0.1, -0.05) is 41.6 Å². The molecule has 1 aromatic heterocycles. The van der Waals surface area contributed by atoms with Crippen molar-refractivity contribution in [2.24, 2.45) is 4.40 Å². The average molecular weight is 397 g/mol. The molecule has 8 heteroatoms. The molecule has 3 aromatic rings.